The molecule has 0 spiro atoms. The summed E-state index contributed by atoms with van der Waals surface area (Å²) in [6.07, 6.45) is 0. The van der Waals surface area contributed by atoms with E-state index < -0.39 is 0 Å². The number of aliphatic imine (C=N–C) groups is 1. The Morgan fingerprint density at radius 3 is 2.60 bits per heavy atom. The minimum atomic E-state index is 0. The molecule has 86 valence electrons. The summed E-state index contributed by atoms with van der Waals surface area (Å²) in [6, 6.07) is 4.44. The molecule has 0 aromatic heterocycles. The van der Waals surface area contributed by atoms with E-state index in [9.17, 15) is 5.11 Å². The molecule has 1 rings (SSSR count). The number of hydrogen-bond donors (Lipinski definition) is 2. The third kappa shape index (κ3) is 4.16. The van der Waals surface area contributed by atoms with Crippen LogP contribution in [0.2, 0.25) is 0 Å². The van der Waals surface area contributed by atoms with Crippen molar-refractivity contribution in [2.24, 2.45) is 4.99 Å². The second-order valence-corrected chi connectivity index (χ2v) is 3.28. The van der Waals surface area contributed by atoms with Gasteiger partial charge in [-0.05, 0) is 19.1 Å². The van der Waals surface area contributed by atoms with Crippen LogP contribution >= 0.6 is 0 Å². The molecule has 0 saturated carbocycles. The Morgan fingerprint density at radius 2 is 2.07 bits per heavy atom. The Labute approximate surface area is 105 Å². The molecule has 15 heavy (non-hydrogen) atoms. The van der Waals surface area contributed by atoms with Gasteiger partial charge in [-0.1, -0.05) is 0 Å². The fourth-order valence-corrected chi connectivity index (χ4v) is 1.22. The molecule has 0 unspecified atom stereocenters. The molecular formula is C10H12CuNO2S. The quantitative estimate of drug-likeness (QED) is 0.498. The average Bonchev–Trinajstić information content (AvgIpc) is 2.14. The molecule has 1 aromatic carbocycles. The fraction of sp³-hybridized carbons (Fsp3) is 0.300. The summed E-state index contributed by atoms with van der Waals surface area (Å²) in [7, 11) is 0. The Kier molecular flexibility index (Phi) is 6.48. The minimum Gasteiger partial charge on any atom is -0.791 e. The van der Waals surface area contributed by atoms with E-state index in [1.807, 2.05) is 0 Å². The molecule has 0 amide bonds. The zero-order valence-corrected chi connectivity index (χ0v) is 9.96. The molecule has 0 radical (unpaired) electrons. The van der Waals surface area contributed by atoms with Crippen LogP contribution in [0.3, 0.4) is 0 Å². The first-order chi connectivity index (χ1) is 6.65. The predicted molar refractivity (Wildman–Crippen MR) is 59.1 cm³/mol. The summed E-state index contributed by atoms with van der Waals surface area (Å²) in [4.78, 5) is 4.17. The second-order valence-electron chi connectivity index (χ2n) is 2.87. The molecule has 0 aliphatic carbocycles. The largest absolute Gasteiger partial charge is 1.00 e. The van der Waals surface area contributed by atoms with Gasteiger partial charge in [-0.25, -0.2) is 0 Å². The number of aromatic hydroxyl groups is 2. The van der Waals surface area contributed by atoms with Crippen molar-refractivity contribution in [2.45, 2.75) is 6.92 Å². The van der Waals surface area contributed by atoms with Crippen molar-refractivity contribution < 1.29 is 27.3 Å². The Balaban J connectivity index is 0.00000196. The first-order valence-corrected chi connectivity index (χ1v) is 4.84. The maximum absolute atomic E-state index is 9.49. The van der Waals surface area contributed by atoms with Gasteiger partial charge in [-0.15, -0.1) is 0 Å². The van der Waals surface area contributed by atoms with Crippen LogP contribution in [0.5, 0.6) is 11.5 Å². The summed E-state index contributed by atoms with van der Waals surface area (Å²) in [5.41, 5.74) is 1.36. The fourth-order valence-electron chi connectivity index (χ4n) is 1.12. The third-order valence-electron chi connectivity index (χ3n) is 1.81. The van der Waals surface area contributed by atoms with E-state index in [1.54, 1.807) is 13.0 Å². The van der Waals surface area contributed by atoms with Crippen LogP contribution in [0.1, 0.15) is 12.5 Å². The van der Waals surface area contributed by atoms with Crippen LogP contribution in [0, 0.1) is 0 Å². The summed E-state index contributed by atoms with van der Waals surface area (Å²) < 4.78 is 0. The molecule has 0 fully saturated rings. The van der Waals surface area contributed by atoms with Gasteiger partial charge in [0.2, 0.25) is 0 Å². The van der Waals surface area contributed by atoms with Gasteiger partial charge in [0.15, 0.2) is 0 Å². The molecule has 5 heteroatoms. The van der Waals surface area contributed by atoms with Crippen molar-refractivity contribution in [3.63, 3.8) is 0 Å². The van der Waals surface area contributed by atoms with Crippen LogP contribution in [0.4, 0.5) is 0 Å². The summed E-state index contributed by atoms with van der Waals surface area (Å²) in [5.74, 6) is 0.647. The molecule has 0 aliphatic rings. The van der Waals surface area contributed by atoms with Crippen molar-refractivity contribution >= 4 is 18.3 Å². The number of nitrogens with zero attached hydrogens (tertiary/aromatic N) is 1. The van der Waals surface area contributed by atoms with Crippen LogP contribution in [0.15, 0.2) is 23.2 Å². The SMILES string of the molecule is CC(=NCC[S-])c1ccc(O)cc1O.[Cu+]. The topological polar surface area (TPSA) is 52.8 Å². The van der Waals surface area contributed by atoms with Crippen molar-refractivity contribution in [3.8, 4) is 11.5 Å². The van der Waals surface area contributed by atoms with E-state index in [0.717, 1.165) is 5.71 Å². The zero-order valence-electron chi connectivity index (χ0n) is 8.20. The molecule has 0 bridgehead atoms. The maximum atomic E-state index is 9.49. The second kappa shape index (κ2) is 6.77. The van der Waals surface area contributed by atoms with Gasteiger partial charge in [-0.3, -0.25) is 4.99 Å². The van der Waals surface area contributed by atoms with Gasteiger partial charge in [-0.2, -0.15) is 5.75 Å². The molecule has 0 heterocycles. The van der Waals surface area contributed by atoms with Crippen LogP contribution < -0.4 is 0 Å². The van der Waals surface area contributed by atoms with Gasteiger partial charge in [0, 0.05) is 23.9 Å². The van der Waals surface area contributed by atoms with E-state index in [2.05, 4.69) is 4.99 Å². The third-order valence-corrected chi connectivity index (χ3v) is 1.99. The van der Waals surface area contributed by atoms with E-state index >= 15 is 0 Å². The summed E-state index contributed by atoms with van der Waals surface area (Å²) in [6.45, 7) is 2.37. The standard InChI is InChI=1S/C10H13NO2S.Cu/c1-7(11-4-5-14)9-3-2-8(12)6-10(9)13;/h2-3,6,12-14H,4-5H2,1H3;/q;+1/p-1. The van der Waals surface area contributed by atoms with Gasteiger partial charge in [0.1, 0.15) is 11.5 Å². The van der Waals surface area contributed by atoms with Gasteiger partial charge in [0.25, 0.3) is 0 Å². The summed E-state index contributed by atoms with van der Waals surface area (Å²) in [5, 5.41) is 18.6. The smallest absolute Gasteiger partial charge is 0.791 e. The van der Waals surface area contributed by atoms with Crippen molar-refractivity contribution in [1.29, 1.82) is 0 Å². The van der Waals surface area contributed by atoms with E-state index in [4.69, 9.17) is 17.7 Å². The Hall–Kier alpha value is -0.641. The summed E-state index contributed by atoms with van der Waals surface area (Å²) >= 11 is 4.76. The van der Waals surface area contributed by atoms with Gasteiger partial charge >= 0.3 is 17.1 Å². The molecule has 0 atom stereocenters. The number of rotatable bonds is 3. The van der Waals surface area contributed by atoms with E-state index in [0.29, 0.717) is 17.9 Å². The molecule has 2 N–H and O–H groups in total. The van der Waals surface area contributed by atoms with Crippen LogP contribution in [-0.2, 0) is 29.7 Å². The van der Waals surface area contributed by atoms with Crippen molar-refractivity contribution in [2.75, 3.05) is 12.3 Å². The number of benzene rings is 1. The molecule has 0 saturated heterocycles. The Morgan fingerprint density at radius 1 is 1.40 bits per heavy atom. The van der Waals surface area contributed by atoms with Crippen LogP contribution in [0.25, 0.3) is 0 Å². The molecule has 0 aliphatic heterocycles. The number of phenolic OH excluding ortho intramolecular Hbond substituents is 2. The van der Waals surface area contributed by atoms with Crippen LogP contribution in [-0.4, -0.2) is 28.2 Å². The zero-order chi connectivity index (χ0) is 10.6. The van der Waals surface area contributed by atoms with E-state index in [1.165, 1.54) is 12.1 Å². The van der Waals surface area contributed by atoms with Crippen molar-refractivity contribution in [1.82, 2.24) is 0 Å². The predicted octanol–water partition coefficient (Wildman–Crippen LogP) is 1.45. The first kappa shape index (κ1) is 14.4. The molecule has 3 nitrogen and oxygen atoms in total. The molecular weight excluding hydrogens is 262 g/mol. The Bertz CT molecular complexity index is 355. The van der Waals surface area contributed by atoms with Crippen molar-refractivity contribution in [3.05, 3.63) is 23.8 Å². The van der Waals surface area contributed by atoms with E-state index in [-0.39, 0.29) is 28.6 Å². The maximum Gasteiger partial charge on any atom is 1.00 e. The van der Waals surface area contributed by atoms with Gasteiger partial charge in [0.05, 0.1) is 0 Å². The normalized spacial score (nSPS) is 10.9. The first-order valence-electron chi connectivity index (χ1n) is 4.26. The van der Waals surface area contributed by atoms with Gasteiger partial charge < -0.3 is 22.8 Å². The minimum absolute atomic E-state index is 0. The monoisotopic (exact) mass is 273 g/mol. The average molecular weight is 274 g/mol. The molecule has 1 aromatic rings. The number of hydrogen-bond acceptors (Lipinski definition) is 4. The number of phenols is 2.